The van der Waals surface area contributed by atoms with Crippen molar-refractivity contribution in [2.45, 2.75) is 25.3 Å². The van der Waals surface area contributed by atoms with Crippen molar-refractivity contribution < 1.29 is 18.7 Å². The summed E-state index contributed by atoms with van der Waals surface area (Å²) in [5.41, 5.74) is -0.0243. The number of benzene rings is 1. The average Bonchev–Trinajstić information content (AvgIpc) is 3.21. The molecule has 4 nitrogen and oxygen atoms in total. The highest BCUT2D eigenvalue weighted by atomic mass is 79.9. The molecule has 0 radical (unpaired) electrons. The van der Waals surface area contributed by atoms with E-state index in [1.807, 2.05) is 0 Å². The van der Waals surface area contributed by atoms with Crippen molar-refractivity contribution >= 4 is 27.8 Å². The third-order valence-electron chi connectivity index (χ3n) is 3.30. The summed E-state index contributed by atoms with van der Waals surface area (Å²) in [4.78, 5) is 23.4. The Morgan fingerprint density at radius 2 is 2.20 bits per heavy atom. The van der Waals surface area contributed by atoms with E-state index in [9.17, 15) is 14.0 Å². The van der Waals surface area contributed by atoms with Crippen molar-refractivity contribution in [1.82, 2.24) is 5.32 Å². The Bertz CT molecular complexity index is 531. The van der Waals surface area contributed by atoms with Gasteiger partial charge in [0.15, 0.2) is 0 Å². The standard InChI is InChI=1S/C14H15BrFNO3/c1-20-13(18)7-12(8-2-3-8)17-14(19)10-5-4-9(15)6-11(10)16/h4-6,8,12H,2-3,7H2,1H3,(H,17,19)/t12-/m0/s1. The van der Waals surface area contributed by atoms with Crippen LogP contribution < -0.4 is 5.32 Å². The van der Waals surface area contributed by atoms with Crippen molar-refractivity contribution in [1.29, 1.82) is 0 Å². The van der Waals surface area contributed by atoms with Crippen LogP contribution in [0.3, 0.4) is 0 Å². The number of ether oxygens (including phenoxy) is 1. The van der Waals surface area contributed by atoms with Gasteiger partial charge in [0.2, 0.25) is 0 Å². The molecule has 0 saturated heterocycles. The number of carbonyl (C=O) groups is 2. The highest BCUT2D eigenvalue weighted by molar-refractivity contribution is 9.10. The fraction of sp³-hybridized carbons (Fsp3) is 0.429. The molecule has 0 spiro atoms. The Morgan fingerprint density at radius 1 is 1.50 bits per heavy atom. The number of carbonyl (C=O) groups excluding carboxylic acids is 2. The first-order valence-electron chi connectivity index (χ1n) is 6.34. The van der Waals surface area contributed by atoms with Crippen LogP contribution in [-0.4, -0.2) is 25.0 Å². The van der Waals surface area contributed by atoms with E-state index in [1.165, 1.54) is 19.2 Å². The molecule has 2 rings (SSSR count). The average molecular weight is 344 g/mol. The van der Waals surface area contributed by atoms with Gasteiger partial charge in [-0.05, 0) is 37.0 Å². The molecule has 108 valence electrons. The number of hydrogen-bond acceptors (Lipinski definition) is 3. The zero-order valence-electron chi connectivity index (χ0n) is 11.0. The van der Waals surface area contributed by atoms with E-state index < -0.39 is 11.7 Å². The van der Waals surface area contributed by atoms with Crippen LogP contribution in [0.1, 0.15) is 29.6 Å². The summed E-state index contributed by atoms with van der Waals surface area (Å²) in [6.45, 7) is 0. The van der Waals surface area contributed by atoms with E-state index in [-0.39, 0.29) is 29.9 Å². The molecule has 1 aliphatic carbocycles. The minimum absolute atomic E-state index is 0.0243. The van der Waals surface area contributed by atoms with E-state index in [4.69, 9.17) is 0 Å². The van der Waals surface area contributed by atoms with Crippen LogP contribution in [-0.2, 0) is 9.53 Å². The van der Waals surface area contributed by atoms with Gasteiger partial charge >= 0.3 is 5.97 Å². The summed E-state index contributed by atoms with van der Waals surface area (Å²) < 4.78 is 18.9. The Balaban J connectivity index is 2.06. The normalized spacial score (nSPS) is 15.6. The smallest absolute Gasteiger partial charge is 0.307 e. The maximum absolute atomic E-state index is 13.7. The molecule has 1 atom stereocenters. The maximum Gasteiger partial charge on any atom is 0.307 e. The SMILES string of the molecule is COC(=O)C[C@H](NC(=O)c1ccc(Br)cc1F)C1CC1. The van der Waals surface area contributed by atoms with Gasteiger partial charge in [0.25, 0.3) is 5.91 Å². The third kappa shape index (κ3) is 3.79. The van der Waals surface area contributed by atoms with Crippen LogP contribution in [0.15, 0.2) is 22.7 Å². The molecule has 0 aromatic heterocycles. The van der Waals surface area contributed by atoms with Crippen LogP contribution in [0.4, 0.5) is 4.39 Å². The predicted molar refractivity (Wildman–Crippen MR) is 74.7 cm³/mol. The van der Waals surface area contributed by atoms with E-state index >= 15 is 0 Å². The summed E-state index contributed by atoms with van der Waals surface area (Å²) in [6.07, 6.45) is 2.04. The number of amides is 1. The molecule has 20 heavy (non-hydrogen) atoms. The molecule has 1 amide bonds. The second-order valence-electron chi connectivity index (χ2n) is 4.82. The van der Waals surface area contributed by atoms with Crippen molar-refractivity contribution in [3.8, 4) is 0 Å². The number of nitrogens with one attached hydrogen (secondary N) is 1. The van der Waals surface area contributed by atoms with Crippen molar-refractivity contribution in [2.75, 3.05) is 7.11 Å². The van der Waals surface area contributed by atoms with Gasteiger partial charge in [-0.1, -0.05) is 15.9 Å². The first-order chi connectivity index (χ1) is 9.51. The highest BCUT2D eigenvalue weighted by Crippen LogP contribution is 2.34. The zero-order valence-corrected chi connectivity index (χ0v) is 12.6. The molecule has 0 aliphatic heterocycles. The molecule has 1 saturated carbocycles. The highest BCUT2D eigenvalue weighted by Gasteiger charge is 2.34. The molecule has 1 fully saturated rings. The second-order valence-corrected chi connectivity index (χ2v) is 5.74. The predicted octanol–water partition coefficient (Wildman–Crippen LogP) is 2.66. The summed E-state index contributed by atoms with van der Waals surface area (Å²) in [7, 11) is 1.31. The summed E-state index contributed by atoms with van der Waals surface area (Å²) in [5, 5.41) is 2.73. The molecule has 1 N–H and O–H groups in total. The van der Waals surface area contributed by atoms with Crippen LogP contribution in [0.25, 0.3) is 0 Å². The lowest BCUT2D eigenvalue weighted by Crippen LogP contribution is -2.38. The Morgan fingerprint density at radius 3 is 2.75 bits per heavy atom. The molecule has 0 bridgehead atoms. The molecule has 0 heterocycles. The van der Waals surface area contributed by atoms with Gasteiger partial charge in [0, 0.05) is 10.5 Å². The third-order valence-corrected chi connectivity index (χ3v) is 3.79. The van der Waals surface area contributed by atoms with Crippen LogP contribution >= 0.6 is 15.9 Å². The first-order valence-corrected chi connectivity index (χ1v) is 7.13. The van der Waals surface area contributed by atoms with Gasteiger partial charge in [-0.2, -0.15) is 0 Å². The van der Waals surface area contributed by atoms with Gasteiger partial charge in [-0.15, -0.1) is 0 Å². The molecule has 1 aliphatic rings. The van der Waals surface area contributed by atoms with Crippen LogP contribution in [0.2, 0.25) is 0 Å². The van der Waals surface area contributed by atoms with Crippen molar-refractivity contribution in [2.24, 2.45) is 5.92 Å². The van der Waals surface area contributed by atoms with E-state index in [0.29, 0.717) is 4.47 Å². The lowest BCUT2D eigenvalue weighted by atomic mass is 10.1. The van der Waals surface area contributed by atoms with Gasteiger partial charge in [0.1, 0.15) is 5.82 Å². The maximum atomic E-state index is 13.7. The lowest BCUT2D eigenvalue weighted by molar-refractivity contribution is -0.141. The van der Waals surface area contributed by atoms with Gasteiger partial charge in [-0.3, -0.25) is 9.59 Å². The quantitative estimate of drug-likeness (QED) is 0.836. The minimum atomic E-state index is -0.593. The molecule has 1 aromatic carbocycles. The number of methoxy groups -OCH3 is 1. The van der Waals surface area contributed by atoms with E-state index in [1.54, 1.807) is 6.07 Å². The van der Waals surface area contributed by atoms with Crippen LogP contribution in [0, 0.1) is 11.7 Å². The largest absolute Gasteiger partial charge is 0.469 e. The topological polar surface area (TPSA) is 55.4 Å². The molecule has 0 unspecified atom stereocenters. The molecular formula is C14H15BrFNO3. The summed E-state index contributed by atoms with van der Waals surface area (Å²) in [5.74, 6) is -1.20. The molecular weight excluding hydrogens is 329 g/mol. The minimum Gasteiger partial charge on any atom is -0.469 e. The monoisotopic (exact) mass is 343 g/mol. The second kappa shape index (κ2) is 6.35. The fourth-order valence-electron chi connectivity index (χ4n) is 2.02. The van der Waals surface area contributed by atoms with Gasteiger partial charge in [0.05, 0.1) is 19.1 Å². The molecule has 6 heteroatoms. The Hall–Kier alpha value is -1.43. The first kappa shape index (κ1) is 15.0. The summed E-state index contributed by atoms with van der Waals surface area (Å²) >= 11 is 3.14. The van der Waals surface area contributed by atoms with Crippen LogP contribution in [0.5, 0.6) is 0 Å². The fourth-order valence-corrected chi connectivity index (χ4v) is 2.35. The number of halogens is 2. The lowest BCUT2D eigenvalue weighted by Gasteiger charge is -2.17. The van der Waals surface area contributed by atoms with Gasteiger partial charge in [-0.25, -0.2) is 4.39 Å². The number of rotatable bonds is 5. The van der Waals surface area contributed by atoms with E-state index in [0.717, 1.165) is 12.8 Å². The Labute approximate surface area is 124 Å². The number of esters is 1. The van der Waals surface area contributed by atoms with Crippen molar-refractivity contribution in [3.05, 3.63) is 34.1 Å². The zero-order chi connectivity index (χ0) is 14.7. The Kier molecular flexibility index (Phi) is 4.75. The van der Waals surface area contributed by atoms with Crippen molar-refractivity contribution in [3.63, 3.8) is 0 Å². The molecule has 1 aromatic rings. The van der Waals surface area contributed by atoms with E-state index in [2.05, 4.69) is 26.0 Å². The summed E-state index contributed by atoms with van der Waals surface area (Å²) in [6, 6.07) is 3.96. The van der Waals surface area contributed by atoms with Gasteiger partial charge < -0.3 is 10.1 Å². The number of hydrogen-bond donors (Lipinski definition) is 1.